The van der Waals surface area contributed by atoms with Crippen molar-refractivity contribution < 1.29 is 22.7 Å². The van der Waals surface area contributed by atoms with Crippen molar-refractivity contribution in [2.24, 2.45) is 0 Å². The monoisotopic (exact) mass is 565 g/mol. The maximum atomic E-state index is 14.1. The Morgan fingerprint density at radius 3 is 2.08 bits per heavy atom. The Bertz CT molecular complexity index is 1360. The maximum Gasteiger partial charge on any atom is 0.244 e. The van der Waals surface area contributed by atoms with Gasteiger partial charge in [0.15, 0.2) is 0 Å². The number of carbonyl (C=O) groups excluding carboxylic acids is 2. The third-order valence-corrected chi connectivity index (χ3v) is 7.43. The molecule has 0 fully saturated rings. The van der Waals surface area contributed by atoms with E-state index in [-0.39, 0.29) is 24.9 Å². The molecule has 0 aliphatic heterocycles. The molecule has 40 heavy (non-hydrogen) atoms. The van der Waals surface area contributed by atoms with Gasteiger partial charge in [-0.1, -0.05) is 60.2 Å². The molecule has 0 saturated carbocycles. The van der Waals surface area contributed by atoms with Crippen molar-refractivity contribution in [3.63, 3.8) is 0 Å². The molecule has 0 saturated heterocycles. The fourth-order valence-electron chi connectivity index (χ4n) is 4.31. The molecule has 2 amide bonds. The van der Waals surface area contributed by atoms with Gasteiger partial charge >= 0.3 is 0 Å². The van der Waals surface area contributed by atoms with Crippen LogP contribution in [0.4, 0.5) is 5.69 Å². The number of benzene rings is 3. The van der Waals surface area contributed by atoms with E-state index >= 15 is 0 Å². The fraction of sp³-hybridized carbons (Fsp3) is 0.355. The number of sulfonamides is 1. The summed E-state index contributed by atoms with van der Waals surface area (Å²) in [6.07, 6.45) is 1.34. The molecule has 3 aromatic carbocycles. The van der Waals surface area contributed by atoms with E-state index in [9.17, 15) is 18.0 Å². The lowest BCUT2D eigenvalue weighted by Crippen LogP contribution is -2.54. The molecule has 214 valence electrons. The van der Waals surface area contributed by atoms with Crippen LogP contribution < -0.4 is 14.4 Å². The largest absolute Gasteiger partial charge is 0.494 e. The number of ether oxygens (including phenoxy) is 1. The topological polar surface area (TPSA) is 96.0 Å². The molecule has 8 nitrogen and oxygen atoms in total. The molecule has 0 bridgehead atoms. The van der Waals surface area contributed by atoms with Gasteiger partial charge in [0.05, 0.1) is 18.6 Å². The summed E-state index contributed by atoms with van der Waals surface area (Å²) >= 11 is 0. The number of amides is 2. The van der Waals surface area contributed by atoms with Crippen molar-refractivity contribution >= 4 is 27.5 Å². The average molecular weight is 566 g/mol. The summed E-state index contributed by atoms with van der Waals surface area (Å²) in [7, 11) is -3.83. The second-order valence-electron chi connectivity index (χ2n) is 10.1. The van der Waals surface area contributed by atoms with Gasteiger partial charge in [0.2, 0.25) is 21.8 Å². The first kappa shape index (κ1) is 30.7. The van der Waals surface area contributed by atoms with Crippen molar-refractivity contribution in [3.05, 3.63) is 95.6 Å². The van der Waals surface area contributed by atoms with E-state index in [0.29, 0.717) is 18.0 Å². The van der Waals surface area contributed by atoms with Crippen molar-refractivity contribution in [3.8, 4) is 5.75 Å². The molecule has 0 heterocycles. The van der Waals surface area contributed by atoms with Gasteiger partial charge in [-0.3, -0.25) is 13.9 Å². The highest BCUT2D eigenvalue weighted by Gasteiger charge is 2.33. The van der Waals surface area contributed by atoms with Crippen LogP contribution >= 0.6 is 0 Å². The van der Waals surface area contributed by atoms with Crippen LogP contribution in [-0.4, -0.2) is 56.6 Å². The summed E-state index contributed by atoms with van der Waals surface area (Å²) in [4.78, 5) is 29.1. The van der Waals surface area contributed by atoms with Crippen LogP contribution in [0, 0.1) is 6.92 Å². The second-order valence-corrected chi connectivity index (χ2v) is 12.0. The molecule has 3 rings (SSSR count). The molecule has 0 unspecified atom stereocenters. The number of nitrogens with zero attached hydrogens (tertiary/aromatic N) is 2. The molecule has 0 radical (unpaired) electrons. The summed E-state index contributed by atoms with van der Waals surface area (Å²) in [6.45, 7) is 7.72. The molecular weight excluding hydrogens is 526 g/mol. The summed E-state index contributed by atoms with van der Waals surface area (Å²) in [6, 6.07) is 22.7. The highest BCUT2D eigenvalue weighted by atomic mass is 32.2. The fourth-order valence-corrected chi connectivity index (χ4v) is 5.16. The van der Waals surface area contributed by atoms with Gasteiger partial charge in [-0.25, -0.2) is 8.42 Å². The Labute approximate surface area is 238 Å². The number of rotatable bonds is 13. The molecule has 0 aliphatic rings. The summed E-state index contributed by atoms with van der Waals surface area (Å²) < 4.78 is 32.3. The van der Waals surface area contributed by atoms with Crippen molar-refractivity contribution in [2.75, 3.05) is 23.7 Å². The minimum Gasteiger partial charge on any atom is -0.494 e. The van der Waals surface area contributed by atoms with Crippen LogP contribution in [0.15, 0.2) is 78.9 Å². The molecule has 0 aromatic heterocycles. The predicted molar refractivity (Wildman–Crippen MR) is 159 cm³/mol. The van der Waals surface area contributed by atoms with Crippen molar-refractivity contribution in [1.29, 1.82) is 0 Å². The van der Waals surface area contributed by atoms with Crippen LogP contribution in [0.3, 0.4) is 0 Å². The second kappa shape index (κ2) is 14.0. The SMILES string of the molecule is CCOc1ccc(N(CC(=O)N(Cc2ccc(C)cc2)[C@@H](Cc2ccccc2)C(=O)NC(C)C)S(C)(=O)=O)cc1. The van der Waals surface area contributed by atoms with Crippen LogP contribution in [0.25, 0.3) is 0 Å². The van der Waals surface area contributed by atoms with Gasteiger partial charge in [-0.2, -0.15) is 0 Å². The lowest BCUT2D eigenvalue weighted by molar-refractivity contribution is -0.140. The van der Waals surface area contributed by atoms with E-state index in [0.717, 1.165) is 27.3 Å². The van der Waals surface area contributed by atoms with E-state index in [2.05, 4.69) is 5.32 Å². The Hall–Kier alpha value is -3.85. The molecule has 1 N–H and O–H groups in total. The standard InChI is InChI=1S/C31H39N3O5S/c1-6-39-28-18-16-27(17-19-28)34(40(5,37)38)22-30(35)33(21-26-14-12-24(4)13-15-26)29(31(36)32-23(2)3)20-25-10-8-7-9-11-25/h7-19,23,29H,6,20-22H2,1-5H3,(H,32,36)/t29-/m0/s1. The first-order valence-corrected chi connectivity index (χ1v) is 15.2. The van der Waals surface area contributed by atoms with Crippen LogP contribution in [-0.2, 0) is 32.6 Å². The number of anilines is 1. The number of carbonyl (C=O) groups is 2. The van der Waals surface area contributed by atoms with Crippen LogP contribution in [0.2, 0.25) is 0 Å². The smallest absolute Gasteiger partial charge is 0.244 e. The maximum absolute atomic E-state index is 14.1. The molecular formula is C31H39N3O5S. The Morgan fingerprint density at radius 2 is 1.52 bits per heavy atom. The summed E-state index contributed by atoms with van der Waals surface area (Å²) in [5.74, 6) is -0.189. The normalized spacial score (nSPS) is 12.1. The number of hydrogen-bond donors (Lipinski definition) is 1. The van der Waals surface area contributed by atoms with Gasteiger partial charge in [-0.05, 0) is 63.1 Å². The number of nitrogens with one attached hydrogen (secondary N) is 1. The first-order valence-electron chi connectivity index (χ1n) is 13.4. The number of aryl methyl sites for hydroxylation is 1. The minimum atomic E-state index is -3.83. The van der Waals surface area contributed by atoms with E-state index < -0.39 is 28.5 Å². The van der Waals surface area contributed by atoms with Crippen molar-refractivity contribution in [2.45, 2.75) is 52.7 Å². The van der Waals surface area contributed by atoms with Gasteiger partial charge < -0.3 is 15.0 Å². The van der Waals surface area contributed by atoms with Crippen LogP contribution in [0.5, 0.6) is 5.75 Å². The third kappa shape index (κ3) is 8.84. The molecule has 3 aromatic rings. The lowest BCUT2D eigenvalue weighted by Gasteiger charge is -2.34. The summed E-state index contributed by atoms with van der Waals surface area (Å²) in [5, 5.41) is 2.95. The number of hydrogen-bond acceptors (Lipinski definition) is 5. The Balaban J connectivity index is 2.02. The van der Waals surface area contributed by atoms with Gasteiger partial charge in [0.25, 0.3) is 0 Å². The van der Waals surface area contributed by atoms with Gasteiger partial charge in [-0.15, -0.1) is 0 Å². The Kier molecular flexibility index (Phi) is 10.7. The van der Waals surface area contributed by atoms with Gasteiger partial charge in [0, 0.05) is 19.0 Å². The minimum absolute atomic E-state index is 0.140. The zero-order valence-corrected chi connectivity index (χ0v) is 24.6. The molecule has 1 atom stereocenters. The van der Waals surface area contributed by atoms with E-state index in [4.69, 9.17) is 4.74 Å². The van der Waals surface area contributed by atoms with E-state index in [1.165, 1.54) is 4.90 Å². The predicted octanol–water partition coefficient (Wildman–Crippen LogP) is 4.32. The highest BCUT2D eigenvalue weighted by molar-refractivity contribution is 7.92. The molecule has 0 aliphatic carbocycles. The van der Waals surface area contributed by atoms with Crippen LogP contribution in [0.1, 0.15) is 37.5 Å². The average Bonchev–Trinajstić information content (AvgIpc) is 2.90. The van der Waals surface area contributed by atoms with E-state index in [1.807, 2.05) is 82.3 Å². The summed E-state index contributed by atoms with van der Waals surface area (Å²) in [5.41, 5.74) is 3.13. The highest BCUT2D eigenvalue weighted by Crippen LogP contribution is 2.23. The quantitative estimate of drug-likeness (QED) is 0.333. The molecule has 0 spiro atoms. The zero-order valence-electron chi connectivity index (χ0n) is 23.8. The third-order valence-electron chi connectivity index (χ3n) is 6.29. The Morgan fingerprint density at radius 1 is 0.900 bits per heavy atom. The molecule has 9 heteroatoms. The first-order chi connectivity index (χ1) is 19.0. The lowest BCUT2D eigenvalue weighted by atomic mass is 10.0. The zero-order chi connectivity index (χ0) is 29.3. The van der Waals surface area contributed by atoms with Crippen molar-refractivity contribution in [1.82, 2.24) is 10.2 Å². The van der Waals surface area contributed by atoms with Gasteiger partial charge in [0.1, 0.15) is 18.3 Å². The van der Waals surface area contributed by atoms with E-state index in [1.54, 1.807) is 24.3 Å².